The number of hydrogen-bond acceptors (Lipinski definition) is 4. The summed E-state index contributed by atoms with van der Waals surface area (Å²) in [6.45, 7) is 1.14. The largest absolute Gasteiger partial charge is 0.326 e. The zero-order chi connectivity index (χ0) is 11.6. The standard InChI is InChI=1S/C8H9F2N3O2/c1-4-7(13(14)15)5(3-11)2-6(12-4)8(9)10/h2,8H,3,11H2,1H3. The number of halogens is 2. The average Bonchev–Trinajstić information content (AvgIpc) is 2.15. The topological polar surface area (TPSA) is 82.0 Å². The Bertz CT molecular complexity index is 396. The lowest BCUT2D eigenvalue weighted by molar-refractivity contribution is -0.386. The van der Waals surface area contributed by atoms with Gasteiger partial charge in [-0.15, -0.1) is 0 Å². The summed E-state index contributed by atoms with van der Waals surface area (Å²) >= 11 is 0. The molecule has 15 heavy (non-hydrogen) atoms. The van der Waals surface area contributed by atoms with Gasteiger partial charge in [0.1, 0.15) is 11.4 Å². The first-order valence-corrected chi connectivity index (χ1v) is 4.10. The van der Waals surface area contributed by atoms with Crippen LogP contribution in [0, 0.1) is 17.0 Å². The number of aromatic nitrogens is 1. The second-order valence-corrected chi connectivity index (χ2v) is 2.90. The van der Waals surface area contributed by atoms with Gasteiger partial charge in [0, 0.05) is 12.1 Å². The summed E-state index contributed by atoms with van der Waals surface area (Å²) in [7, 11) is 0. The summed E-state index contributed by atoms with van der Waals surface area (Å²) in [6, 6.07) is 0.968. The molecule has 0 aromatic carbocycles. The van der Waals surface area contributed by atoms with Gasteiger partial charge in [-0.3, -0.25) is 10.1 Å². The van der Waals surface area contributed by atoms with E-state index in [4.69, 9.17) is 5.73 Å². The molecule has 0 amide bonds. The molecule has 0 saturated heterocycles. The van der Waals surface area contributed by atoms with Crippen LogP contribution in [0.4, 0.5) is 14.5 Å². The zero-order valence-electron chi connectivity index (χ0n) is 7.91. The highest BCUT2D eigenvalue weighted by Crippen LogP contribution is 2.26. The number of hydrogen-bond donors (Lipinski definition) is 1. The van der Waals surface area contributed by atoms with Crippen molar-refractivity contribution in [1.82, 2.24) is 4.98 Å². The molecule has 2 N–H and O–H groups in total. The van der Waals surface area contributed by atoms with Crippen LogP contribution in [0.5, 0.6) is 0 Å². The number of rotatable bonds is 3. The molecular weight excluding hydrogens is 208 g/mol. The first-order valence-electron chi connectivity index (χ1n) is 4.10. The molecule has 0 radical (unpaired) electrons. The van der Waals surface area contributed by atoms with Gasteiger partial charge in [0.25, 0.3) is 12.1 Å². The van der Waals surface area contributed by atoms with Gasteiger partial charge < -0.3 is 5.73 Å². The van der Waals surface area contributed by atoms with Crippen LogP contribution in [-0.4, -0.2) is 9.91 Å². The van der Waals surface area contributed by atoms with Crippen molar-refractivity contribution in [3.05, 3.63) is 33.1 Å². The van der Waals surface area contributed by atoms with Crippen molar-refractivity contribution in [2.24, 2.45) is 5.73 Å². The minimum absolute atomic E-state index is 0.0433. The number of nitrogens with two attached hydrogens (primary N) is 1. The predicted octanol–water partition coefficient (Wildman–Crippen LogP) is 1.69. The molecule has 1 heterocycles. The van der Waals surface area contributed by atoms with Crippen molar-refractivity contribution < 1.29 is 13.7 Å². The summed E-state index contributed by atoms with van der Waals surface area (Å²) in [5.74, 6) is 0. The molecule has 0 fully saturated rings. The van der Waals surface area contributed by atoms with E-state index < -0.39 is 17.0 Å². The number of nitro groups is 1. The van der Waals surface area contributed by atoms with Crippen molar-refractivity contribution in [3.63, 3.8) is 0 Å². The van der Waals surface area contributed by atoms with Crippen molar-refractivity contribution in [2.75, 3.05) is 0 Å². The Hall–Kier alpha value is -1.63. The Morgan fingerprint density at radius 2 is 2.27 bits per heavy atom. The molecule has 0 spiro atoms. The molecule has 0 aliphatic heterocycles. The van der Waals surface area contributed by atoms with Crippen LogP contribution in [0.3, 0.4) is 0 Å². The van der Waals surface area contributed by atoms with Crippen LogP contribution in [0.15, 0.2) is 6.07 Å². The molecule has 1 rings (SSSR count). The van der Waals surface area contributed by atoms with Gasteiger partial charge >= 0.3 is 0 Å². The first-order chi connectivity index (χ1) is 6.97. The van der Waals surface area contributed by atoms with E-state index in [2.05, 4.69) is 4.98 Å². The normalized spacial score (nSPS) is 10.7. The van der Waals surface area contributed by atoms with Gasteiger partial charge in [-0.25, -0.2) is 13.8 Å². The predicted molar refractivity (Wildman–Crippen MR) is 48.5 cm³/mol. The van der Waals surface area contributed by atoms with Gasteiger partial charge in [-0.1, -0.05) is 0 Å². The molecule has 0 atom stereocenters. The number of nitrogens with zero attached hydrogens (tertiary/aromatic N) is 2. The molecule has 0 aliphatic carbocycles. The molecule has 1 aromatic rings. The van der Waals surface area contributed by atoms with Crippen LogP contribution in [0.25, 0.3) is 0 Å². The quantitative estimate of drug-likeness (QED) is 0.617. The number of alkyl halides is 2. The Morgan fingerprint density at radius 1 is 1.67 bits per heavy atom. The molecular formula is C8H9F2N3O2. The lowest BCUT2D eigenvalue weighted by Crippen LogP contribution is -2.07. The molecule has 82 valence electrons. The van der Waals surface area contributed by atoms with Gasteiger partial charge in [-0.2, -0.15) is 0 Å². The molecule has 0 unspecified atom stereocenters. The highest BCUT2D eigenvalue weighted by molar-refractivity contribution is 5.44. The van der Waals surface area contributed by atoms with Gasteiger partial charge in [0.2, 0.25) is 0 Å². The molecule has 0 bridgehead atoms. The molecule has 0 saturated carbocycles. The van der Waals surface area contributed by atoms with E-state index in [-0.39, 0.29) is 23.5 Å². The third kappa shape index (κ3) is 2.24. The third-order valence-corrected chi connectivity index (χ3v) is 1.89. The van der Waals surface area contributed by atoms with Crippen LogP contribution in [-0.2, 0) is 6.54 Å². The van der Waals surface area contributed by atoms with E-state index in [0.29, 0.717) is 0 Å². The summed E-state index contributed by atoms with van der Waals surface area (Å²) < 4.78 is 24.6. The minimum atomic E-state index is -2.75. The molecule has 0 aliphatic rings. The average molecular weight is 217 g/mol. The van der Waals surface area contributed by atoms with E-state index in [1.165, 1.54) is 6.92 Å². The maximum absolute atomic E-state index is 12.3. The van der Waals surface area contributed by atoms with Crippen LogP contribution >= 0.6 is 0 Å². The Kier molecular flexibility index (Phi) is 3.25. The van der Waals surface area contributed by atoms with Crippen molar-refractivity contribution >= 4 is 5.69 Å². The molecule has 1 aromatic heterocycles. The highest BCUT2D eigenvalue weighted by atomic mass is 19.3. The van der Waals surface area contributed by atoms with Crippen LogP contribution < -0.4 is 5.73 Å². The molecule has 7 heteroatoms. The summed E-state index contributed by atoms with van der Waals surface area (Å²) in [4.78, 5) is 13.4. The fraction of sp³-hybridized carbons (Fsp3) is 0.375. The summed E-state index contributed by atoms with van der Waals surface area (Å²) in [6.07, 6.45) is -2.75. The SMILES string of the molecule is Cc1nc(C(F)F)cc(CN)c1[N+](=O)[O-]. The summed E-state index contributed by atoms with van der Waals surface area (Å²) in [5.41, 5.74) is 4.50. The third-order valence-electron chi connectivity index (χ3n) is 1.89. The van der Waals surface area contributed by atoms with Crippen LogP contribution in [0.2, 0.25) is 0 Å². The zero-order valence-corrected chi connectivity index (χ0v) is 7.91. The Morgan fingerprint density at radius 3 is 2.67 bits per heavy atom. The lowest BCUT2D eigenvalue weighted by atomic mass is 10.1. The Balaban J connectivity index is 3.37. The Labute approximate surface area is 84.1 Å². The second-order valence-electron chi connectivity index (χ2n) is 2.90. The fourth-order valence-electron chi connectivity index (χ4n) is 1.27. The van der Waals surface area contributed by atoms with Crippen molar-refractivity contribution in [2.45, 2.75) is 19.9 Å². The number of pyridine rings is 1. The lowest BCUT2D eigenvalue weighted by Gasteiger charge is -2.06. The highest BCUT2D eigenvalue weighted by Gasteiger charge is 2.21. The van der Waals surface area contributed by atoms with Gasteiger partial charge in [0.15, 0.2) is 0 Å². The van der Waals surface area contributed by atoms with Crippen molar-refractivity contribution in [3.8, 4) is 0 Å². The molecule has 5 nitrogen and oxygen atoms in total. The van der Waals surface area contributed by atoms with Gasteiger partial charge in [-0.05, 0) is 13.0 Å². The monoisotopic (exact) mass is 217 g/mol. The summed E-state index contributed by atoms with van der Waals surface area (Å²) in [5, 5.41) is 10.6. The van der Waals surface area contributed by atoms with Crippen molar-refractivity contribution in [1.29, 1.82) is 0 Å². The smallest absolute Gasteiger partial charge is 0.294 e. The maximum atomic E-state index is 12.3. The minimum Gasteiger partial charge on any atom is -0.326 e. The number of aryl methyl sites for hydroxylation is 1. The maximum Gasteiger partial charge on any atom is 0.294 e. The second kappa shape index (κ2) is 4.26. The van der Waals surface area contributed by atoms with Crippen LogP contribution in [0.1, 0.15) is 23.4 Å². The first kappa shape index (κ1) is 11.4. The van der Waals surface area contributed by atoms with E-state index in [9.17, 15) is 18.9 Å². The van der Waals surface area contributed by atoms with E-state index in [1.54, 1.807) is 0 Å². The van der Waals surface area contributed by atoms with E-state index in [0.717, 1.165) is 6.07 Å². The van der Waals surface area contributed by atoms with Gasteiger partial charge in [0.05, 0.1) is 4.92 Å². The van der Waals surface area contributed by atoms with E-state index in [1.807, 2.05) is 0 Å². The van der Waals surface area contributed by atoms with E-state index >= 15 is 0 Å². The fourth-order valence-corrected chi connectivity index (χ4v) is 1.27.